The average molecular weight is 349 g/mol. The minimum Gasteiger partial charge on any atom is -0.327 e. The van der Waals surface area contributed by atoms with Crippen molar-refractivity contribution in [2.75, 3.05) is 18.9 Å². The number of nitrogens with zero attached hydrogens (tertiary/aromatic N) is 3. The maximum Gasteiger partial charge on any atom is 0.321 e. The first-order valence-corrected chi connectivity index (χ1v) is 7.38. The molecule has 0 fully saturated rings. The van der Waals surface area contributed by atoms with Crippen LogP contribution in [0.5, 0.6) is 0 Å². The molecule has 1 aromatic carbocycles. The molecular formula is C15H17BrN4O. The second kappa shape index (κ2) is 7.17. The van der Waals surface area contributed by atoms with Crippen LogP contribution in [-0.2, 0) is 6.42 Å². The van der Waals surface area contributed by atoms with Gasteiger partial charge in [0.15, 0.2) is 0 Å². The highest BCUT2D eigenvalue weighted by Gasteiger charge is 2.10. The van der Waals surface area contributed by atoms with Crippen LogP contribution in [0.15, 0.2) is 41.3 Å². The first-order valence-electron chi connectivity index (χ1n) is 6.59. The van der Waals surface area contributed by atoms with Crippen LogP contribution in [0.1, 0.15) is 11.3 Å². The van der Waals surface area contributed by atoms with Crippen molar-refractivity contribution < 1.29 is 4.79 Å². The highest BCUT2D eigenvalue weighted by atomic mass is 79.9. The number of carbonyl (C=O) groups is 1. The van der Waals surface area contributed by atoms with Gasteiger partial charge in [-0.3, -0.25) is 9.97 Å². The van der Waals surface area contributed by atoms with Crippen LogP contribution in [0.2, 0.25) is 0 Å². The lowest BCUT2D eigenvalue weighted by Crippen LogP contribution is -2.33. The molecule has 0 aliphatic carbocycles. The van der Waals surface area contributed by atoms with Crippen LogP contribution < -0.4 is 5.32 Å². The van der Waals surface area contributed by atoms with Gasteiger partial charge >= 0.3 is 6.03 Å². The molecule has 2 amide bonds. The molecule has 2 rings (SSSR count). The molecule has 0 aliphatic rings. The fraction of sp³-hybridized carbons (Fsp3) is 0.267. The monoisotopic (exact) mass is 348 g/mol. The Morgan fingerprint density at radius 1 is 1.38 bits per heavy atom. The van der Waals surface area contributed by atoms with Crippen LogP contribution in [0.3, 0.4) is 0 Å². The number of rotatable bonds is 4. The SMILES string of the molecule is Cc1ccc(Br)cc1NC(=O)N(C)CCc1cnccn1. The summed E-state index contributed by atoms with van der Waals surface area (Å²) >= 11 is 3.40. The maximum absolute atomic E-state index is 12.2. The molecule has 0 bridgehead atoms. The minimum atomic E-state index is -0.139. The molecule has 0 saturated carbocycles. The quantitative estimate of drug-likeness (QED) is 0.922. The zero-order valence-corrected chi connectivity index (χ0v) is 13.6. The highest BCUT2D eigenvalue weighted by Crippen LogP contribution is 2.20. The highest BCUT2D eigenvalue weighted by molar-refractivity contribution is 9.10. The van der Waals surface area contributed by atoms with E-state index in [-0.39, 0.29) is 6.03 Å². The lowest BCUT2D eigenvalue weighted by molar-refractivity contribution is 0.223. The Labute approximate surface area is 132 Å². The largest absolute Gasteiger partial charge is 0.327 e. The van der Waals surface area contributed by atoms with E-state index in [1.54, 1.807) is 30.5 Å². The van der Waals surface area contributed by atoms with Crippen molar-refractivity contribution in [1.29, 1.82) is 0 Å². The van der Waals surface area contributed by atoms with Gasteiger partial charge < -0.3 is 10.2 Å². The van der Waals surface area contributed by atoms with Gasteiger partial charge in [-0.05, 0) is 24.6 Å². The number of aryl methyl sites for hydroxylation is 1. The maximum atomic E-state index is 12.2. The number of halogens is 1. The van der Waals surface area contributed by atoms with Crippen molar-refractivity contribution in [3.05, 3.63) is 52.5 Å². The van der Waals surface area contributed by atoms with E-state index in [4.69, 9.17) is 0 Å². The normalized spacial score (nSPS) is 10.2. The summed E-state index contributed by atoms with van der Waals surface area (Å²) in [7, 11) is 1.76. The molecule has 0 radical (unpaired) electrons. The Kier molecular flexibility index (Phi) is 5.27. The van der Waals surface area contributed by atoms with Crippen LogP contribution in [-0.4, -0.2) is 34.5 Å². The second-order valence-electron chi connectivity index (χ2n) is 4.76. The zero-order chi connectivity index (χ0) is 15.2. The smallest absolute Gasteiger partial charge is 0.321 e. The summed E-state index contributed by atoms with van der Waals surface area (Å²) in [5.74, 6) is 0. The average Bonchev–Trinajstić information content (AvgIpc) is 2.49. The van der Waals surface area contributed by atoms with E-state index in [1.165, 1.54) is 0 Å². The summed E-state index contributed by atoms with van der Waals surface area (Å²) in [5.41, 5.74) is 2.70. The second-order valence-corrected chi connectivity index (χ2v) is 5.67. The molecule has 1 N–H and O–H groups in total. The Balaban J connectivity index is 1.92. The molecule has 0 unspecified atom stereocenters. The van der Waals surface area contributed by atoms with E-state index in [1.807, 2.05) is 25.1 Å². The van der Waals surface area contributed by atoms with Gasteiger partial charge in [-0.1, -0.05) is 22.0 Å². The first kappa shape index (κ1) is 15.4. The summed E-state index contributed by atoms with van der Waals surface area (Å²) in [6.45, 7) is 2.54. The molecule has 0 spiro atoms. The van der Waals surface area contributed by atoms with Crippen molar-refractivity contribution in [3.8, 4) is 0 Å². The van der Waals surface area contributed by atoms with Gasteiger partial charge in [0.2, 0.25) is 0 Å². The van der Waals surface area contributed by atoms with E-state index in [0.29, 0.717) is 13.0 Å². The number of urea groups is 1. The summed E-state index contributed by atoms with van der Waals surface area (Å²) in [6, 6.07) is 5.66. The van der Waals surface area contributed by atoms with Crippen molar-refractivity contribution in [2.24, 2.45) is 0 Å². The van der Waals surface area contributed by atoms with Crippen LogP contribution in [0, 0.1) is 6.92 Å². The zero-order valence-electron chi connectivity index (χ0n) is 12.0. The molecule has 110 valence electrons. The fourth-order valence-electron chi connectivity index (χ4n) is 1.78. The predicted molar refractivity (Wildman–Crippen MR) is 86.3 cm³/mol. The van der Waals surface area contributed by atoms with Crippen LogP contribution in [0.4, 0.5) is 10.5 Å². The van der Waals surface area contributed by atoms with E-state index >= 15 is 0 Å². The third-order valence-corrected chi connectivity index (χ3v) is 3.60. The molecule has 2 aromatic rings. The third-order valence-electron chi connectivity index (χ3n) is 3.11. The van der Waals surface area contributed by atoms with Crippen molar-refractivity contribution in [1.82, 2.24) is 14.9 Å². The number of carbonyl (C=O) groups excluding carboxylic acids is 1. The van der Waals surface area contributed by atoms with Gasteiger partial charge in [0.25, 0.3) is 0 Å². The number of aromatic nitrogens is 2. The van der Waals surface area contributed by atoms with Crippen molar-refractivity contribution >= 4 is 27.6 Å². The topological polar surface area (TPSA) is 58.1 Å². The minimum absolute atomic E-state index is 0.139. The number of benzene rings is 1. The van der Waals surface area contributed by atoms with Crippen LogP contribution in [0.25, 0.3) is 0 Å². The lowest BCUT2D eigenvalue weighted by atomic mass is 10.2. The number of nitrogens with one attached hydrogen (secondary N) is 1. The van der Waals surface area contributed by atoms with Gasteiger partial charge in [-0.15, -0.1) is 0 Å². The van der Waals surface area contributed by atoms with E-state index < -0.39 is 0 Å². The summed E-state index contributed by atoms with van der Waals surface area (Å²) in [6.07, 6.45) is 5.68. The summed E-state index contributed by atoms with van der Waals surface area (Å²) < 4.78 is 0.936. The third kappa shape index (κ3) is 4.53. The number of amides is 2. The van der Waals surface area contributed by atoms with Gasteiger partial charge in [0.05, 0.1) is 5.69 Å². The molecule has 21 heavy (non-hydrogen) atoms. The lowest BCUT2D eigenvalue weighted by Gasteiger charge is -2.18. The molecule has 5 nitrogen and oxygen atoms in total. The van der Waals surface area contributed by atoms with Crippen molar-refractivity contribution in [3.63, 3.8) is 0 Å². The Bertz CT molecular complexity index is 618. The van der Waals surface area contributed by atoms with E-state index in [0.717, 1.165) is 21.4 Å². The number of likely N-dealkylation sites (N-methyl/N-ethyl adjacent to an activating group) is 1. The molecular weight excluding hydrogens is 332 g/mol. The molecule has 1 aromatic heterocycles. The fourth-order valence-corrected chi connectivity index (χ4v) is 2.14. The van der Waals surface area contributed by atoms with Crippen molar-refractivity contribution in [2.45, 2.75) is 13.3 Å². The first-order chi connectivity index (χ1) is 10.1. The number of hydrogen-bond donors (Lipinski definition) is 1. The number of anilines is 1. The molecule has 1 heterocycles. The van der Waals surface area contributed by atoms with Gasteiger partial charge in [0.1, 0.15) is 0 Å². The summed E-state index contributed by atoms with van der Waals surface area (Å²) in [5, 5.41) is 2.91. The van der Waals surface area contributed by atoms with Gasteiger partial charge in [0, 0.05) is 48.8 Å². The number of hydrogen-bond acceptors (Lipinski definition) is 3. The van der Waals surface area contributed by atoms with Crippen LogP contribution >= 0.6 is 15.9 Å². The molecule has 0 atom stereocenters. The Morgan fingerprint density at radius 2 is 2.19 bits per heavy atom. The Hall–Kier alpha value is -1.95. The molecule has 6 heteroatoms. The summed E-state index contributed by atoms with van der Waals surface area (Å²) in [4.78, 5) is 22.0. The standard InChI is InChI=1S/C15H17BrN4O/c1-11-3-4-12(16)9-14(11)19-15(21)20(2)8-5-13-10-17-6-7-18-13/h3-4,6-7,9-10H,5,8H2,1-2H3,(H,19,21). The predicted octanol–water partition coefficient (Wildman–Crippen LogP) is 3.25. The van der Waals surface area contributed by atoms with E-state index in [2.05, 4.69) is 31.2 Å². The van der Waals surface area contributed by atoms with Gasteiger partial charge in [-0.25, -0.2) is 4.79 Å². The molecule has 0 saturated heterocycles. The Morgan fingerprint density at radius 3 is 2.90 bits per heavy atom. The van der Waals surface area contributed by atoms with Gasteiger partial charge in [-0.2, -0.15) is 0 Å². The van der Waals surface area contributed by atoms with E-state index in [9.17, 15) is 4.79 Å². The molecule has 0 aliphatic heterocycles.